The van der Waals surface area contributed by atoms with Gasteiger partial charge in [-0.3, -0.25) is 0 Å². The second-order valence-electron chi connectivity index (χ2n) is 5.70. The summed E-state index contributed by atoms with van der Waals surface area (Å²) in [6, 6.07) is 11.4. The van der Waals surface area contributed by atoms with Crippen molar-refractivity contribution in [2.24, 2.45) is 0 Å². The lowest BCUT2D eigenvalue weighted by molar-refractivity contribution is 0.0696. The minimum Gasteiger partial charge on any atom is -0.478 e. The van der Waals surface area contributed by atoms with E-state index in [2.05, 4.69) is 0 Å². The van der Waals surface area contributed by atoms with Crippen molar-refractivity contribution in [1.29, 1.82) is 0 Å². The van der Waals surface area contributed by atoms with Crippen molar-refractivity contribution in [3.63, 3.8) is 0 Å². The smallest absolute Gasteiger partial charge is 0.335 e. The van der Waals surface area contributed by atoms with Gasteiger partial charge in [0.15, 0.2) is 0 Å². The Balaban J connectivity index is 1.74. The van der Waals surface area contributed by atoms with Gasteiger partial charge in [-0.1, -0.05) is 6.07 Å². The minimum atomic E-state index is -3.75. The third-order valence-corrected chi connectivity index (χ3v) is 6.04. The van der Waals surface area contributed by atoms with Crippen LogP contribution in [0.15, 0.2) is 53.4 Å². The summed E-state index contributed by atoms with van der Waals surface area (Å²) in [7, 11) is -3.75. The molecule has 0 bridgehead atoms. The Kier molecular flexibility index (Phi) is 4.73. The average Bonchev–Trinajstić information content (AvgIpc) is 2.62. The molecule has 25 heavy (non-hydrogen) atoms. The van der Waals surface area contributed by atoms with Crippen LogP contribution >= 0.6 is 0 Å². The van der Waals surface area contributed by atoms with Crippen molar-refractivity contribution < 1.29 is 22.7 Å². The number of sulfonamides is 1. The quantitative estimate of drug-likeness (QED) is 0.898. The highest BCUT2D eigenvalue weighted by Crippen LogP contribution is 2.22. The molecule has 0 radical (unpaired) electrons. The number of nitrogens with zero attached hydrogens (tertiary/aromatic N) is 2. The summed E-state index contributed by atoms with van der Waals surface area (Å²) in [4.78, 5) is 13.0. The second kappa shape index (κ2) is 6.81. The summed E-state index contributed by atoms with van der Waals surface area (Å²) in [6.45, 7) is 1.50. The summed E-state index contributed by atoms with van der Waals surface area (Å²) in [5.74, 6) is -1.48. The molecule has 1 aliphatic rings. The maximum Gasteiger partial charge on any atom is 0.335 e. The van der Waals surface area contributed by atoms with E-state index in [1.54, 1.807) is 12.1 Å². The lowest BCUT2D eigenvalue weighted by Gasteiger charge is -2.35. The number of aromatic carboxylic acids is 1. The Bertz CT molecular complexity index is 876. The lowest BCUT2D eigenvalue weighted by atomic mass is 10.2. The molecule has 0 atom stereocenters. The van der Waals surface area contributed by atoms with Gasteiger partial charge in [0.1, 0.15) is 5.82 Å². The normalized spacial score (nSPS) is 16.0. The first-order chi connectivity index (χ1) is 11.9. The SMILES string of the molecule is O=C(O)c1cccc(S(=O)(=O)N2CCN(c3ccc(F)cc3)CC2)c1. The highest BCUT2D eigenvalue weighted by atomic mass is 32.2. The average molecular weight is 364 g/mol. The summed E-state index contributed by atoms with van der Waals surface area (Å²) in [5.41, 5.74) is 0.775. The van der Waals surface area contributed by atoms with Crippen LogP contribution < -0.4 is 4.90 Å². The van der Waals surface area contributed by atoms with Crippen LogP contribution in [0, 0.1) is 5.82 Å². The van der Waals surface area contributed by atoms with Crippen molar-refractivity contribution >= 4 is 21.7 Å². The van der Waals surface area contributed by atoms with Crippen molar-refractivity contribution in [1.82, 2.24) is 4.31 Å². The number of hydrogen-bond acceptors (Lipinski definition) is 4. The van der Waals surface area contributed by atoms with E-state index in [0.29, 0.717) is 13.1 Å². The Morgan fingerprint density at radius 2 is 1.64 bits per heavy atom. The monoisotopic (exact) mass is 364 g/mol. The molecule has 1 N–H and O–H groups in total. The van der Waals surface area contributed by atoms with Gasteiger partial charge in [0.05, 0.1) is 10.5 Å². The Morgan fingerprint density at radius 1 is 1.00 bits per heavy atom. The maximum absolute atomic E-state index is 13.0. The van der Waals surface area contributed by atoms with E-state index in [1.807, 2.05) is 4.90 Å². The fourth-order valence-corrected chi connectivity index (χ4v) is 4.25. The summed E-state index contributed by atoms with van der Waals surface area (Å²) < 4.78 is 39.8. The van der Waals surface area contributed by atoms with Crippen LogP contribution in [-0.2, 0) is 10.0 Å². The summed E-state index contributed by atoms with van der Waals surface area (Å²) in [6.07, 6.45) is 0. The van der Waals surface area contributed by atoms with E-state index in [0.717, 1.165) is 5.69 Å². The van der Waals surface area contributed by atoms with E-state index in [9.17, 15) is 17.6 Å². The lowest BCUT2D eigenvalue weighted by Crippen LogP contribution is -2.48. The molecule has 0 amide bonds. The van der Waals surface area contributed by atoms with E-state index >= 15 is 0 Å². The Morgan fingerprint density at radius 3 is 2.24 bits per heavy atom. The topological polar surface area (TPSA) is 77.9 Å². The Hall–Kier alpha value is -2.45. The van der Waals surface area contributed by atoms with Gasteiger partial charge >= 0.3 is 5.97 Å². The van der Waals surface area contributed by atoms with Crippen LogP contribution in [0.2, 0.25) is 0 Å². The van der Waals surface area contributed by atoms with Crippen molar-refractivity contribution in [3.05, 3.63) is 59.9 Å². The molecule has 1 fully saturated rings. The molecule has 0 spiro atoms. The molecule has 132 valence electrons. The number of hydrogen-bond donors (Lipinski definition) is 1. The number of benzene rings is 2. The third-order valence-electron chi connectivity index (χ3n) is 4.15. The molecule has 1 saturated heterocycles. The molecule has 0 aliphatic carbocycles. The number of rotatable bonds is 4. The summed E-state index contributed by atoms with van der Waals surface area (Å²) in [5, 5.41) is 9.02. The molecule has 0 aromatic heterocycles. The first-order valence-electron chi connectivity index (χ1n) is 7.72. The van der Waals surface area contributed by atoms with Crippen LogP contribution in [0.1, 0.15) is 10.4 Å². The van der Waals surface area contributed by atoms with Gasteiger partial charge < -0.3 is 10.0 Å². The molecular weight excluding hydrogens is 347 g/mol. The first-order valence-corrected chi connectivity index (χ1v) is 9.16. The second-order valence-corrected chi connectivity index (χ2v) is 7.64. The summed E-state index contributed by atoms with van der Waals surface area (Å²) >= 11 is 0. The number of carboxylic acids is 1. The van der Waals surface area contributed by atoms with E-state index in [-0.39, 0.29) is 29.4 Å². The molecule has 2 aromatic rings. The fourth-order valence-electron chi connectivity index (χ4n) is 2.78. The largest absolute Gasteiger partial charge is 0.478 e. The molecule has 3 rings (SSSR count). The van der Waals surface area contributed by atoms with Gasteiger partial charge in [-0.05, 0) is 42.5 Å². The van der Waals surface area contributed by atoms with Gasteiger partial charge in [-0.2, -0.15) is 4.31 Å². The van der Waals surface area contributed by atoms with Gasteiger partial charge in [0.2, 0.25) is 10.0 Å². The molecule has 0 saturated carbocycles. The van der Waals surface area contributed by atoms with Crippen molar-refractivity contribution in [3.8, 4) is 0 Å². The molecule has 1 heterocycles. The van der Waals surface area contributed by atoms with E-state index < -0.39 is 16.0 Å². The molecule has 2 aromatic carbocycles. The minimum absolute atomic E-state index is 0.0253. The van der Waals surface area contributed by atoms with Crippen molar-refractivity contribution in [2.75, 3.05) is 31.1 Å². The standard InChI is InChI=1S/C17H17FN2O4S/c18-14-4-6-15(7-5-14)19-8-10-20(11-9-19)25(23,24)16-3-1-2-13(12-16)17(21)22/h1-7,12H,8-11H2,(H,21,22). The van der Waals surface area contributed by atoms with Crippen molar-refractivity contribution in [2.45, 2.75) is 4.90 Å². The first kappa shape index (κ1) is 17.4. The van der Waals surface area contributed by atoms with Gasteiger partial charge in [0, 0.05) is 31.9 Å². The molecule has 0 unspecified atom stereocenters. The number of carbonyl (C=O) groups is 1. The highest BCUT2D eigenvalue weighted by molar-refractivity contribution is 7.89. The highest BCUT2D eigenvalue weighted by Gasteiger charge is 2.29. The zero-order chi connectivity index (χ0) is 18.0. The molecule has 8 heteroatoms. The van der Waals surface area contributed by atoms with Gasteiger partial charge in [0.25, 0.3) is 0 Å². The fraction of sp³-hybridized carbons (Fsp3) is 0.235. The van der Waals surface area contributed by atoms with Crippen LogP contribution in [0.3, 0.4) is 0 Å². The van der Waals surface area contributed by atoms with Crippen LogP contribution in [0.5, 0.6) is 0 Å². The third kappa shape index (κ3) is 3.64. The van der Waals surface area contributed by atoms with E-state index in [1.165, 1.54) is 40.7 Å². The Labute approximate surface area is 145 Å². The zero-order valence-electron chi connectivity index (χ0n) is 13.3. The zero-order valence-corrected chi connectivity index (χ0v) is 14.1. The van der Waals surface area contributed by atoms with Gasteiger partial charge in [-0.25, -0.2) is 17.6 Å². The van der Waals surface area contributed by atoms with Crippen LogP contribution in [0.4, 0.5) is 10.1 Å². The van der Waals surface area contributed by atoms with E-state index in [4.69, 9.17) is 5.11 Å². The predicted molar refractivity (Wildman–Crippen MR) is 90.8 cm³/mol. The predicted octanol–water partition coefficient (Wildman–Crippen LogP) is 2.03. The number of piperazine rings is 1. The number of anilines is 1. The van der Waals surface area contributed by atoms with Crippen LogP contribution in [0.25, 0.3) is 0 Å². The number of halogens is 1. The number of carboxylic acid groups (broad SMARTS) is 1. The maximum atomic E-state index is 13.0. The van der Waals surface area contributed by atoms with Gasteiger partial charge in [-0.15, -0.1) is 0 Å². The molecular formula is C17H17FN2O4S. The molecule has 1 aliphatic heterocycles. The van der Waals surface area contributed by atoms with Crippen LogP contribution in [-0.4, -0.2) is 50.0 Å². The molecule has 6 nitrogen and oxygen atoms in total.